The molecule has 0 aromatic carbocycles. The molecule has 0 aliphatic carbocycles. The van der Waals surface area contributed by atoms with E-state index in [1.54, 1.807) is 0 Å². The van der Waals surface area contributed by atoms with Crippen LogP contribution in [0.15, 0.2) is 12.2 Å². The van der Waals surface area contributed by atoms with Crippen LogP contribution < -0.4 is 0 Å². The molecule has 0 radical (unpaired) electrons. The monoisotopic (exact) mass is 1170 g/mol. The minimum Gasteiger partial charge on any atom is -0.462 e. The Morgan fingerprint density at radius 1 is 0.229 bits per heavy atom. The van der Waals surface area contributed by atoms with Crippen molar-refractivity contribution in [3.8, 4) is 0 Å². The van der Waals surface area contributed by atoms with Crippen molar-refractivity contribution in [1.82, 2.24) is 0 Å². The van der Waals surface area contributed by atoms with Gasteiger partial charge < -0.3 is 14.2 Å². The zero-order valence-corrected chi connectivity index (χ0v) is 56.8. The van der Waals surface area contributed by atoms with E-state index in [4.69, 9.17) is 14.2 Å². The summed E-state index contributed by atoms with van der Waals surface area (Å²) in [6.45, 7) is 6.72. The summed E-state index contributed by atoms with van der Waals surface area (Å²) in [5.41, 5.74) is 0. The molecule has 0 fully saturated rings. The van der Waals surface area contributed by atoms with Crippen LogP contribution in [0.4, 0.5) is 0 Å². The molecule has 6 nitrogen and oxygen atoms in total. The smallest absolute Gasteiger partial charge is 0.306 e. The lowest BCUT2D eigenvalue weighted by molar-refractivity contribution is -0.167. The second-order valence-corrected chi connectivity index (χ2v) is 26.3. The molecule has 0 aromatic rings. The third-order valence-electron chi connectivity index (χ3n) is 17.8. The average Bonchev–Trinajstić information content (AvgIpc) is 3.50. The molecule has 1 unspecified atom stereocenters. The maximum absolute atomic E-state index is 12.9. The summed E-state index contributed by atoms with van der Waals surface area (Å²) in [7, 11) is 0. The number of esters is 3. The van der Waals surface area contributed by atoms with Crippen molar-refractivity contribution >= 4 is 17.9 Å². The van der Waals surface area contributed by atoms with Crippen LogP contribution in [0.2, 0.25) is 0 Å². The Bertz CT molecular complexity index is 1300. The molecule has 0 aliphatic rings. The maximum atomic E-state index is 12.9. The summed E-state index contributed by atoms with van der Waals surface area (Å²) in [4.78, 5) is 38.4. The Morgan fingerprint density at radius 2 is 0.398 bits per heavy atom. The zero-order chi connectivity index (χ0) is 59.9. The molecule has 0 saturated heterocycles. The number of rotatable bonds is 72. The van der Waals surface area contributed by atoms with Gasteiger partial charge in [0.05, 0.1) is 0 Å². The van der Waals surface area contributed by atoms with Gasteiger partial charge in [0, 0.05) is 19.3 Å². The molecule has 0 aliphatic heterocycles. The number of ether oxygens (including phenoxy) is 3. The number of carbonyl (C=O) groups is 3. The van der Waals surface area contributed by atoms with Gasteiger partial charge >= 0.3 is 17.9 Å². The normalized spacial score (nSPS) is 12.0. The highest BCUT2D eigenvalue weighted by atomic mass is 16.6. The van der Waals surface area contributed by atoms with Crippen LogP contribution >= 0.6 is 0 Å². The molecule has 0 aromatic heterocycles. The highest BCUT2D eigenvalue weighted by molar-refractivity contribution is 5.71. The minimum absolute atomic E-state index is 0.0656. The fourth-order valence-corrected chi connectivity index (χ4v) is 12.0. The van der Waals surface area contributed by atoms with E-state index in [9.17, 15) is 14.4 Å². The Labute approximate surface area is 520 Å². The van der Waals surface area contributed by atoms with Crippen molar-refractivity contribution in [1.29, 1.82) is 0 Å². The quantitative estimate of drug-likeness (QED) is 0.0261. The minimum atomic E-state index is -0.770. The standard InChI is InChI=1S/C77H148O6/c1-4-7-10-13-16-19-22-25-28-30-31-32-33-34-35-36-37-38-39-40-41-42-43-44-45-46-48-49-52-55-58-61-64-67-70-76(79)82-73-74(72-81-75(78)69-66-63-60-57-54-51-27-24-21-18-15-12-9-6-3)83-77(80)71-68-65-62-59-56-53-50-47-29-26-23-20-17-14-11-8-5-2/h24,27,74H,4-23,25-26,28-73H2,1-3H3/b27-24-. The Hall–Kier alpha value is -1.85. The first-order valence-corrected chi connectivity index (χ1v) is 38.2. The first-order chi connectivity index (χ1) is 41.0. The van der Waals surface area contributed by atoms with Crippen molar-refractivity contribution in [2.45, 2.75) is 451 Å². The molecular formula is C77H148O6. The summed E-state index contributed by atoms with van der Waals surface area (Å²) in [5.74, 6) is -0.838. The molecule has 0 saturated carbocycles. The number of hydrogen-bond acceptors (Lipinski definition) is 6. The molecule has 1 atom stereocenters. The topological polar surface area (TPSA) is 78.9 Å². The predicted molar refractivity (Wildman–Crippen MR) is 363 cm³/mol. The molecule has 6 heteroatoms. The molecule has 0 bridgehead atoms. The highest BCUT2D eigenvalue weighted by Crippen LogP contribution is 2.20. The van der Waals surface area contributed by atoms with E-state index in [1.807, 2.05) is 0 Å². The lowest BCUT2D eigenvalue weighted by Crippen LogP contribution is -2.30. The van der Waals surface area contributed by atoms with Crippen LogP contribution in [0.3, 0.4) is 0 Å². The number of allylic oxidation sites excluding steroid dienone is 2. The number of hydrogen-bond donors (Lipinski definition) is 0. The Morgan fingerprint density at radius 3 is 0.602 bits per heavy atom. The fourth-order valence-electron chi connectivity index (χ4n) is 12.0. The van der Waals surface area contributed by atoms with E-state index in [-0.39, 0.29) is 31.1 Å². The number of carbonyl (C=O) groups excluding carboxylic acids is 3. The van der Waals surface area contributed by atoms with Crippen LogP contribution in [0, 0.1) is 0 Å². The lowest BCUT2D eigenvalue weighted by Gasteiger charge is -2.18. The van der Waals surface area contributed by atoms with E-state index in [1.165, 1.54) is 340 Å². The SMILES string of the molecule is CCCCCCC/C=C\CCCCCCCC(=O)OCC(COC(=O)CCCCCCCCCCCCCCCCCCCCCCCCCCCCCCCCCCCC)OC(=O)CCCCCCCCCCCCCCCCCCC. The van der Waals surface area contributed by atoms with Crippen molar-refractivity contribution < 1.29 is 28.6 Å². The van der Waals surface area contributed by atoms with E-state index >= 15 is 0 Å². The van der Waals surface area contributed by atoms with E-state index in [2.05, 4.69) is 32.9 Å². The second kappa shape index (κ2) is 72.6. The zero-order valence-electron chi connectivity index (χ0n) is 56.8. The van der Waals surface area contributed by atoms with Gasteiger partial charge in [-0.25, -0.2) is 0 Å². The van der Waals surface area contributed by atoms with Crippen LogP contribution in [-0.4, -0.2) is 37.2 Å². The molecule has 0 spiro atoms. The van der Waals surface area contributed by atoms with Gasteiger partial charge in [-0.05, 0) is 44.9 Å². The van der Waals surface area contributed by atoms with Crippen molar-refractivity contribution in [3.63, 3.8) is 0 Å². The van der Waals surface area contributed by atoms with Gasteiger partial charge in [0.2, 0.25) is 0 Å². The van der Waals surface area contributed by atoms with Gasteiger partial charge in [-0.1, -0.05) is 392 Å². The second-order valence-electron chi connectivity index (χ2n) is 26.3. The van der Waals surface area contributed by atoms with E-state index in [0.29, 0.717) is 19.3 Å². The van der Waals surface area contributed by atoms with Crippen molar-refractivity contribution in [2.24, 2.45) is 0 Å². The fraction of sp³-hybridized carbons (Fsp3) is 0.935. The lowest BCUT2D eigenvalue weighted by atomic mass is 10.0. The molecule has 0 heterocycles. The molecule has 83 heavy (non-hydrogen) atoms. The van der Waals surface area contributed by atoms with Crippen LogP contribution in [-0.2, 0) is 28.6 Å². The molecule has 0 rings (SSSR count). The first-order valence-electron chi connectivity index (χ1n) is 38.2. The Balaban J connectivity index is 4.07. The van der Waals surface area contributed by atoms with Crippen LogP contribution in [0.1, 0.15) is 445 Å². The molecule has 0 amide bonds. The maximum Gasteiger partial charge on any atom is 0.306 e. The molecular weight excluding hydrogens is 1020 g/mol. The number of unbranched alkanes of at least 4 members (excludes halogenated alkanes) is 59. The van der Waals surface area contributed by atoms with E-state index in [0.717, 1.165) is 64.2 Å². The predicted octanol–water partition coefficient (Wildman–Crippen LogP) is 26.3. The summed E-state index contributed by atoms with van der Waals surface area (Å²) >= 11 is 0. The summed E-state index contributed by atoms with van der Waals surface area (Å²) < 4.78 is 17.0. The third-order valence-corrected chi connectivity index (χ3v) is 17.8. The molecule has 492 valence electrons. The van der Waals surface area contributed by atoms with Crippen molar-refractivity contribution in [3.05, 3.63) is 12.2 Å². The largest absolute Gasteiger partial charge is 0.462 e. The van der Waals surface area contributed by atoms with Gasteiger partial charge in [0.25, 0.3) is 0 Å². The Kier molecular flexibility index (Phi) is 71.0. The van der Waals surface area contributed by atoms with Gasteiger partial charge in [0.15, 0.2) is 6.10 Å². The highest BCUT2D eigenvalue weighted by Gasteiger charge is 2.20. The third kappa shape index (κ3) is 70.8. The van der Waals surface area contributed by atoms with Gasteiger partial charge in [-0.15, -0.1) is 0 Å². The molecule has 0 N–H and O–H groups in total. The van der Waals surface area contributed by atoms with E-state index < -0.39 is 6.10 Å². The van der Waals surface area contributed by atoms with Crippen LogP contribution in [0.25, 0.3) is 0 Å². The average molecular weight is 1170 g/mol. The summed E-state index contributed by atoms with van der Waals surface area (Å²) in [6.07, 6.45) is 88.5. The summed E-state index contributed by atoms with van der Waals surface area (Å²) in [5, 5.41) is 0. The van der Waals surface area contributed by atoms with Gasteiger partial charge in [-0.2, -0.15) is 0 Å². The van der Waals surface area contributed by atoms with Crippen molar-refractivity contribution in [2.75, 3.05) is 13.2 Å². The van der Waals surface area contributed by atoms with Gasteiger partial charge in [0.1, 0.15) is 13.2 Å². The first kappa shape index (κ1) is 81.2. The summed E-state index contributed by atoms with van der Waals surface area (Å²) in [6, 6.07) is 0. The van der Waals surface area contributed by atoms with Crippen LogP contribution in [0.5, 0.6) is 0 Å². The van der Waals surface area contributed by atoms with Gasteiger partial charge in [-0.3, -0.25) is 14.4 Å².